The Morgan fingerprint density at radius 1 is 1.26 bits per heavy atom. The van der Waals surface area contributed by atoms with E-state index in [2.05, 4.69) is 10.3 Å². The second-order valence-electron chi connectivity index (χ2n) is 5.19. The number of carbonyl (C=O) groups is 1. The van der Waals surface area contributed by atoms with Gasteiger partial charge in [-0.15, -0.1) is 0 Å². The Morgan fingerprint density at radius 3 is 2.74 bits per heavy atom. The van der Waals surface area contributed by atoms with Crippen molar-refractivity contribution >= 4 is 32.6 Å². The minimum Gasteiger partial charge on any atom is -0.483 e. The highest BCUT2D eigenvalue weighted by Gasteiger charge is 2.10. The number of ether oxygens (including phenoxy) is 1. The number of anilines is 1. The van der Waals surface area contributed by atoms with Gasteiger partial charge in [-0.3, -0.25) is 10.1 Å². The summed E-state index contributed by atoms with van der Waals surface area (Å²) in [5.74, 6) is 0.0959. The van der Waals surface area contributed by atoms with Gasteiger partial charge in [-0.25, -0.2) is 9.37 Å². The van der Waals surface area contributed by atoms with Crippen molar-refractivity contribution in [2.24, 2.45) is 0 Å². The van der Waals surface area contributed by atoms with Gasteiger partial charge in [0.05, 0.1) is 10.2 Å². The van der Waals surface area contributed by atoms with E-state index in [0.717, 1.165) is 11.1 Å². The molecule has 1 amide bonds. The van der Waals surface area contributed by atoms with E-state index in [9.17, 15) is 9.18 Å². The highest BCUT2D eigenvalue weighted by atomic mass is 32.1. The van der Waals surface area contributed by atoms with Crippen LogP contribution < -0.4 is 10.1 Å². The number of hydrogen-bond donors (Lipinski definition) is 1. The predicted molar refractivity (Wildman–Crippen MR) is 89.6 cm³/mol. The highest BCUT2D eigenvalue weighted by molar-refractivity contribution is 7.22. The maximum atomic E-state index is 13.2. The highest BCUT2D eigenvalue weighted by Crippen LogP contribution is 2.26. The summed E-state index contributed by atoms with van der Waals surface area (Å²) in [5, 5.41) is 3.11. The Hall–Kier alpha value is -2.47. The smallest absolute Gasteiger partial charge is 0.264 e. The van der Waals surface area contributed by atoms with Gasteiger partial charge in [0.1, 0.15) is 11.6 Å². The number of aromatic nitrogens is 1. The summed E-state index contributed by atoms with van der Waals surface area (Å²) in [6.07, 6.45) is 0. The van der Waals surface area contributed by atoms with Crippen LogP contribution in [0.1, 0.15) is 11.1 Å². The SMILES string of the molecule is Cc1cccc(C)c1OCC(=O)Nc1nc2ccc(F)cc2s1. The maximum absolute atomic E-state index is 13.2. The van der Waals surface area contributed by atoms with Crippen molar-refractivity contribution in [2.75, 3.05) is 11.9 Å². The molecule has 6 heteroatoms. The van der Waals surface area contributed by atoms with Gasteiger partial charge in [0.15, 0.2) is 11.7 Å². The van der Waals surface area contributed by atoms with E-state index in [1.165, 1.54) is 23.5 Å². The van der Waals surface area contributed by atoms with E-state index in [1.807, 2.05) is 32.0 Å². The number of halogens is 1. The van der Waals surface area contributed by atoms with E-state index >= 15 is 0 Å². The number of benzene rings is 2. The summed E-state index contributed by atoms with van der Waals surface area (Å²) in [7, 11) is 0. The first-order valence-electron chi connectivity index (χ1n) is 7.08. The zero-order valence-corrected chi connectivity index (χ0v) is 13.5. The third-order valence-corrected chi connectivity index (χ3v) is 4.29. The van der Waals surface area contributed by atoms with Crippen LogP contribution in [0.2, 0.25) is 0 Å². The molecule has 0 aliphatic rings. The van der Waals surface area contributed by atoms with E-state index in [0.29, 0.717) is 21.1 Å². The molecule has 2 aromatic carbocycles. The van der Waals surface area contributed by atoms with Crippen LogP contribution in [0.3, 0.4) is 0 Å². The first kappa shape index (κ1) is 15.4. The predicted octanol–water partition coefficient (Wildman–Crippen LogP) is 4.07. The van der Waals surface area contributed by atoms with Gasteiger partial charge in [0, 0.05) is 0 Å². The number of nitrogens with one attached hydrogen (secondary N) is 1. The van der Waals surface area contributed by atoms with Crippen LogP contribution in [-0.4, -0.2) is 17.5 Å². The standard InChI is InChI=1S/C17H15FN2O2S/c1-10-4-3-5-11(2)16(10)22-9-15(21)20-17-19-13-7-6-12(18)8-14(13)23-17/h3-8H,9H2,1-2H3,(H,19,20,21). The van der Waals surface area contributed by atoms with Crippen molar-refractivity contribution in [2.45, 2.75) is 13.8 Å². The molecule has 23 heavy (non-hydrogen) atoms. The molecule has 0 bridgehead atoms. The summed E-state index contributed by atoms with van der Waals surface area (Å²) in [5.41, 5.74) is 2.61. The van der Waals surface area contributed by atoms with Gasteiger partial charge in [-0.05, 0) is 43.2 Å². The largest absolute Gasteiger partial charge is 0.483 e. The minimum atomic E-state index is -0.322. The molecule has 0 radical (unpaired) electrons. The van der Waals surface area contributed by atoms with E-state index in [4.69, 9.17) is 4.74 Å². The van der Waals surface area contributed by atoms with Crippen LogP contribution in [0.4, 0.5) is 9.52 Å². The van der Waals surface area contributed by atoms with E-state index < -0.39 is 0 Å². The Labute approximate surface area is 136 Å². The van der Waals surface area contributed by atoms with Gasteiger partial charge in [0.2, 0.25) is 0 Å². The second-order valence-corrected chi connectivity index (χ2v) is 6.22. The molecule has 1 aromatic heterocycles. The molecule has 3 rings (SSSR count). The van der Waals surface area contributed by atoms with Gasteiger partial charge >= 0.3 is 0 Å². The van der Waals surface area contributed by atoms with Crippen molar-refractivity contribution < 1.29 is 13.9 Å². The first-order chi connectivity index (χ1) is 11.0. The molecule has 0 aliphatic heterocycles. The molecule has 0 spiro atoms. The number of nitrogens with zero attached hydrogens (tertiary/aromatic N) is 1. The van der Waals surface area contributed by atoms with Gasteiger partial charge < -0.3 is 4.74 Å². The van der Waals surface area contributed by atoms with Crippen LogP contribution in [-0.2, 0) is 4.79 Å². The lowest BCUT2D eigenvalue weighted by Crippen LogP contribution is -2.20. The Balaban J connectivity index is 1.66. The molecule has 0 fully saturated rings. The van der Waals surface area contributed by atoms with Crippen molar-refractivity contribution in [1.29, 1.82) is 0 Å². The lowest BCUT2D eigenvalue weighted by molar-refractivity contribution is -0.118. The van der Waals surface area contributed by atoms with E-state index in [1.54, 1.807) is 6.07 Å². The first-order valence-corrected chi connectivity index (χ1v) is 7.89. The summed E-state index contributed by atoms with van der Waals surface area (Å²) in [4.78, 5) is 16.3. The van der Waals surface area contributed by atoms with Crippen LogP contribution in [0.15, 0.2) is 36.4 Å². The van der Waals surface area contributed by atoms with Gasteiger partial charge in [-0.1, -0.05) is 29.5 Å². The molecule has 118 valence electrons. The van der Waals surface area contributed by atoms with Crippen LogP contribution in [0.25, 0.3) is 10.2 Å². The maximum Gasteiger partial charge on any atom is 0.264 e. The van der Waals surface area contributed by atoms with Crippen LogP contribution in [0, 0.1) is 19.7 Å². The zero-order valence-electron chi connectivity index (χ0n) is 12.7. The second kappa shape index (κ2) is 6.34. The fourth-order valence-corrected chi connectivity index (χ4v) is 3.18. The molecule has 0 atom stereocenters. The van der Waals surface area contributed by atoms with Gasteiger partial charge in [-0.2, -0.15) is 0 Å². The zero-order chi connectivity index (χ0) is 16.4. The number of rotatable bonds is 4. The Morgan fingerprint density at radius 2 is 2.00 bits per heavy atom. The summed E-state index contributed by atoms with van der Waals surface area (Å²) in [6.45, 7) is 3.76. The molecule has 1 heterocycles. The number of fused-ring (bicyclic) bond motifs is 1. The quantitative estimate of drug-likeness (QED) is 0.784. The molecule has 1 N–H and O–H groups in total. The number of carbonyl (C=O) groups excluding carboxylic acids is 1. The number of thiazole rings is 1. The molecule has 0 aliphatic carbocycles. The monoisotopic (exact) mass is 330 g/mol. The number of hydrogen-bond acceptors (Lipinski definition) is 4. The van der Waals surface area contributed by atoms with Crippen molar-refractivity contribution in [3.63, 3.8) is 0 Å². The Bertz CT molecular complexity index is 856. The van der Waals surface area contributed by atoms with Crippen molar-refractivity contribution in [1.82, 2.24) is 4.98 Å². The molecule has 0 saturated heterocycles. The molecule has 4 nitrogen and oxygen atoms in total. The fourth-order valence-electron chi connectivity index (χ4n) is 2.27. The normalized spacial score (nSPS) is 10.7. The molecule has 0 unspecified atom stereocenters. The summed E-state index contributed by atoms with van der Waals surface area (Å²) in [6, 6.07) is 10.1. The lowest BCUT2D eigenvalue weighted by atomic mass is 10.1. The number of aryl methyl sites for hydroxylation is 2. The fraction of sp³-hybridized carbons (Fsp3) is 0.176. The summed E-state index contributed by atoms with van der Waals surface area (Å²) < 4.78 is 19.5. The van der Waals surface area contributed by atoms with Crippen LogP contribution >= 0.6 is 11.3 Å². The average molecular weight is 330 g/mol. The van der Waals surface area contributed by atoms with Crippen LogP contribution in [0.5, 0.6) is 5.75 Å². The van der Waals surface area contributed by atoms with Crippen molar-refractivity contribution in [3.8, 4) is 5.75 Å². The molecular weight excluding hydrogens is 315 g/mol. The lowest BCUT2D eigenvalue weighted by Gasteiger charge is -2.11. The molecule has 3 aromatic rings. The average Bonchev–Trinajstić information content (AvgIpc) is 2.88. The third kappa shape index (κ3) is 3.48. The number of amides is 1. The Kier molecular flexibility index (Phi) is 4.25. The summed E-state index contributed by atoms with van der Waals surface area (Å²) >= 11 is 1.23. The molecule has 0 saturated carbocycles. The topological polar surface area (TPSA) is 51.2 Å². The minimum absolute atomic E-state index is 0.101. The van der Waals surface area contributed by atoms with Crippen molar-refractivity contribution in [3.05, 3.63) is 53.3 Å². The number of para-hydroxylation sites is 1. The third-order valence-electron chi connectivity index (χ3n) is 3.35. The van der Waals surface area contributed by atoms with Gasteiger partial charge in [0.25, 0.3) is 5.91 Å². The molecular formula is C17H15FN2O2S. The van der Waals surface area contributed by atoms with E-state index in [-0.39, 0.29) is 18.3 Å².